The zero-order valence-electron chi connectivity index (χ0n) is 13.8. The van der Waals surface area contributed by atoms with E-state index in [-0.39, 0.29) is 40.0 Å². The van der Waals surface area contributed by atoms with Gasteiger partial charge in [0.2, 0.25) is 0 Å². The molecule has 0 aromatic heterocycles. The SMILES string of the molecule is C[CH2][Al]([CH2]C)[CH2]C.[CH2-]C.[CH]1[CH][CH][CH][CH]1.[CH]1[CH][CH][CH][CH]1.[Sc]. The zero-order valence-corrected chi connectivity index (χ0v) is 16.7. The molecule has 109 valence electrons. The van der Waals surface area contributed by atoms with Crippen LogP contribution >= 0.6 is 0 Å². The molecule has 2 aliphatic rings. The minimum Gasteiger partial charge on any atom is -0.346 e. The van der Waals surface area contributed by atoms with E-state index < -0.39 is 0 Å². The largest absolute Gasteiger partial charge is 0.346 e. The van der Waals surface area contributed by atoms with Gasteiger partial charge in [0.25, 0.3) is 14.1 Å². The van der Waals surface area contributed by atoms with Crippen molar-refractivity contribution in [2.75, 3.05) is 0 Å². The maximum Gasteiger partial charge on any atom is 0.261 e. The van der Waals surface area contributed by atoms with Crippen molar-refractivity contribution in [1.29, 1.82) is 0 Å². The van der Waals surface area contributed by atoms with Crippen LogP contribution in [0.25, 0.3) is 0 Å². The van der Waals surface area contributed by atoms with Crippen molar-refractivity contribution >= 4 is 14.1 Å². The number of rotatable bonds is 3. The Bertz CT molecular complexity index is 96.7. The minimum atomic E-state index is -0.171. The molecule has 0 heterocycles. The predicted octanol–water partition coefficient (Wildman–Crippen LogP) is 5.42. The summed E-state index contributed by atoms with van der Waals surface area (Å²) >= 11 is -0.171. The first-order valence-electron chi connectivity index (χ1n) is 7.39. The predicted molar refractivity (Wildman–Crippen MR) is 91.2 cm³/mol. The Balaban J connectivity index is -0.000000201. The summed E-state index contributed by atoms with van der Waals surface area (Å²) in [4.78, 5) is 0. The van der Waals surface area contributed by atoms with Crippen LogP contribution < -0.4 is 0 Å². The smallest absolute Gasteiger partial charge is 0.261 e. The Labute approximate surface area is 154 Å². The van der Waals surface area contributed by atoms with Gasteiger partial charge >= 0.3 is 0 Å². The second kappa shape index (κ2) is 25.4. The molecule has 0 aromatic rings. The zero-order chi connectivity index (χ0) is 14.8. The first kappa shape index (κ1) is 26.3. The standard InChI is InChI=1S/2C5H5.4C2H5.Al.Sc/c2*1-2-4-5-3-1;4*1-2;;/h2*1-5H;4*1H2,2H3;;/q;;;;;-1;;. The molecule has 0 N–H and O–H groups in total. The topological polar surface area (TPSA) is 0 Å². The van der Waals surface area contributed by atoms with Gasteiger partial charge in [-0.15, -0.1) is 0 Å². The van der Waals surface area contributed by atoms with Crippen molar-refractivity contribution in [2.24, 2.45) is 0 Å². The summed E-state index contributed by atoms with van der Waals surface area (Å²) in [6, 6.07) is 0. The molecule has 0 nitrogen and oxygen atoms in total. The summed E-state index contributed by atoms with van der Waals surface area (Å²) in [7, 11) is 0. The summed E-state index contributed by atoms with van der Waals surface area (Å²) in [6.45, 7) is 12.0. The third-order valence-corrected chi connectivity index (χ3v) is 6.31. The third kappa shape index (κ3) is 21.7. The van der Waals surface area contributed by atoms with Crippen LogP contribution in [-0.2, 0) is 25.8 Å². The maximum absolute atomic E-state index is 3.25. The summed E-state index contributed by atoms with van der Waals surface area (Å²) in [5.41, 5.74) is 0. The van der Waals surface area contributed by atoms with Gasteiger partial charge in [-0.2, -0.15) is 6.92 Å². The van der Waals surface area contributed by atoms with Crippen molar-refractivity contribution in [3.63, 3.8) is 0 Å². The molecule has 0 unspecified atom stereocenters. The summed E-state index contributed by atoms with van der Waals surface area (Å²) in [5.74, 6) is 0. The molecule has 2 heteroatoms. The molecule has 0 amide bonds. The van der Waals surface area contributed by atoms with Gasteiger partial charge < -0.3 is 6.92 Å². The van der Waals surface area contributed by atoms with E-state index in [1.165, 1.54) is 15.8 Å². The molecule has 2 saturated carbocycles. The molecule has 0 atom stereocenters. The second-order valence-electron chi connectivity index (χ2n) is 4.02. The van der Waals surface area contributed by atoms with Crippen molar-refractivity contribution in [2.45, 2.75) is 43.5 Å². The summed E-state index contributed by atoms with van der Waals surface area (Å²) in [6.07, 6.45) is 20.0. The van der Waals surface area contributed by atoms with E-state index in [0.717, 1.165) is 0 Å². The fourth-order valence-electron chi connectivity index (χ4n) is 1.51. The first-order chi connectivity index (χ1) is 9.35. The van der Waals surface area contributed by atoms with Gasteiger partial charge in [-0.25, -0.2) is 0 Å². The van der Waals surface area contributed by atoms with Crippen LogP contribution in [0.3, 0.4) is 0 Å². The van der Waals surface area contributed by atoms with Crippen molar-refractivity contribution in [3.05, 3.63) is 71.1 Å². The molecular formula is C18H30AlSc-. The van der Waals surface area contributed by atoms with Crippen molar-refractivity contribution < 1.29 is 25.8 Å². The monoisotopic (exact) mass is 318 g/mol. The Hall–Kier alpha value is 1.40. The van der Waals surface area contributed by atoms with Crippen LogP contribution in [0.2, 0.25) is 15.8 Å². The third-order valence-electron chi connectivity index (χ3n) is 2.84. The Morgan fingerprint density at radius 2 is 0.700 bits per heavy atom. The quantitative estimate of drug-likeness (QED) is 0.481. The molecule has 2 aliphatic carbocycles. The Morgan fingerprint density at radius 3 is 0.750 bits per heavy atom. The van der Waals surface area contributed by atoms with Gasteiger partial charge in [-0.3, -0.25) is 0 Å². The van der Waals surface area contributed by atoms with Crippen LogP contribution in [0, 0.1) is 71.1 Å². The molecule has 0 saturated heterocycles. The minimum absolute atomic E-state index is 0. The van der Waals surface area contributed by atoms with E-state index in [4.69, 9.17) is 0 Å². The summed E-state index contributed by atoms with van der Waals surface area (Å²) < 4.78 is 0. The second-order valence-corrected chi connectivity index (χ2v) is 8.20. The fraction of sp³-hybridized carbons (Fsp3) is 0.389. The van der Waals surface area contributed by atoms with Gasteiger partial charge in [0.15, 0.2) is 0 Å². The van der Waals surface area contributed by atoms with E-state index in [0.29, 0.717) is 0 Å². The van der Waals surface area contributed by atoms with E-state index in [2.05, 4.69) is 27.7 Å². The van der Waals surface area contributed by atoms with E-state index >= 15 is 0 Å². The van der Waals surface area contributed by atoms with Gasteiger partial charge in [0.05, 0.1) is 0 Å². The van der Waals surface area contributed by atoms with Crippen LogP contribution in [0.1, 0.15) is 27.7 Å². The Morgan fingerprint density at radius 1 is 0.550 bits per heavy atom. The number of hydrogen-bond acceptors (Lipinski definition) is 0. The first-order valence-corrected chi connectivity index (χ1v) is 9.84. The van der Waals surface area contributed by atoms with Gasteiger partial charge in [0.1, 0.15) is 0 Å². The molecular weight excluding hydrogens is 288 g/mol. The van der Waals surface area contributed by atoms with Crippen LogP contribution in [-0.4, -0.2) is 14.1 Å². The van der Waals surface area contributed by atoms with Gasteiger partial charge in [-0.1, -0.05) is 36.6 Å². The van der Waals surface area contributed by atoms with E-state index in [1.807, 2.05) is 64.2 Å². The molecule has 0 aliphatic heterocycles. The van der Waals surface area contributed by atoms with E-state index in [9.17, 15) is 0 Å². The Kier molecular flexibility index (Phi) is 33.4. The average molecular weight is 318 g/mol. The number of hydrogen-bond donors (Lipinski definition) is 0. The van der Waals surface area contributed by atoms with Crippen molar-refractivity contribution in [3.8, 4) is 0 Å². The molecule has 0 spiro atoms. The molecule has 2 fully saturated rings. The van der Waals surface area contributed by atoms with Gasteiger partial charge in [0, 0.05) is 25.8 Å². The van der Waals surface area contributed by atoms with E-state index in [1.54, 1.807) is 6.92 Å². The van der Waals surface area contributed by atoms with Crippen LogP contribution in [0.4, 0.5) is 0 Å². The molecule has 2 rings (SSSR count). The molecule has 0 bridgehead atoms. The summed E-state index contributed by atoms with van der Waals surface area (Å²) in [5, 5.41) is 4.48. The molecule has 11 radical (unpaired) electrons. The van der Waals surface area contributed by atoms with Crippen molar-refractivity contribution in [1.82, 2.24) is 0 Å². The molecule has 20 heavy (non-hydrogen) atoms. The fourth-order valence-corrected chi connectivity index (χ4v) is 3.24. The molecule has 0 aromatic carbocycles. The van der Waals surface area contributed by atoms with Crippen LogP contribution in [0.5, 0.6) is 0 Å². The van der Waals surface area contributed by atoms with Crippen LogP contribution in [0.15, 0.2) is 0 Å². The maximum atomic E-state index is 3.25. The normalized spacial score (nSPS) is 15.4. The average Bonchev–Trinajstić information content (AvgIpc) is 3.21. The van der Waals surface area contributed by atoms with Gasteiger partial charge in [-0.05, 0) is 64.2 Å².